The third-order valence-corrected chi connectivity index (χ3v) is 4.03. The van der Waals surface area contributed by atoms with Crippen molar-refractivity contribution in [2.24, 2.45) is 10.8 Å². The number of Topliss-reactive ketones (excluding diaryl/α,β-unsaturated/α-hetero) is 2. The van der Waals surface area contributed by atoms with Crippen LogP contribution in [-0.4, -0.2) is 23.8 Å². The van der Waals surface area contributed by atoms with Gasteiger partial charge in [0, 0.05) is 11.8 Å². The summed E-state index contributed by atoms with van der Waals surface area (Å²) in [6.07, 6.45) is 1.10. The Morgan fingerprint density at radius 2 is 2.00 bits per heavy atom. The topological polar surface area (TPSA) is 67.2 Å². The minimum Gasteiger partial charge on any atom is -0.366 e. The number of ketones is 2. The number of hydrogen-bond donors (Lipinski definition) is 0. The number of rotatable bonds is 0. The largest absolute Gasteiger partial charge is 0.366 e. The Labute approximate surface area is 107 Å². The molecule has 96 valence electrons. The molecule has 1 fully saturated rings. The normalized spacial score (nSPS) is 38.7. The fourth-order valence-corrected chi connectivity index (χ4v) is 3.11. The van der Waals surface area contributed by atoms with Crippen molar-refractivity contribution in [3.63, 3.8) is 0 Å². The van der Waals surface area contributed by atoms with Gasteiger partial charge in [0.1, 0.15) is 12.2 Å². The van der Waals surface area contributed by atoms with E-state index in [4.69, 9.17) is 10.00 Å². The van der Waals surface area contributed by atoms with Crippen LogP contribution >= 0.6 is 0 Å². The molecular weight excluding hydrogens is 230 g/mol. The predicted molar refractivity (Wildman–Crippen MR) is 64.6 cm³/mol. The lowest BCUT2D eigenvalue weighted by Crippen LogP contribution is -2.57. The first-order chi connectivity index (χ1) is 8.22. The van der Waals surface area contributed by atoms with Crippen molar-refractivity contribution in [1.82, 2.24) is 0 Å². The van der Waals surface area contributed by atoms with Crippen molar-refractivity contribution in [2.45, 2.75) is 46.3 Å². The van der Waals surface area contributed by atoms with Gasteiger partial charge in [-0.25, -0.2) is 0 Å². The third-order valence-electron chi connectivity index (χ3n) is 4.03. The maximum absolute atomic E-state index is 12.2. The average molecular weight is 247 g/mol. The first-order valence-corrected chi connectivity index (χ1v) is 6.08. The van der Waals surface area contributed by atoms with E-state index in [1.165, 1.54) is 0 Å². The second kappa shape index (κ2) is 3.76. The van der Waals surface area contributed by atoms with Crippen molar-refractivity contribution in [1.29, 1.82) is 5.26 Å². The Bertz CT molecular complexity index is 498. The van der Waals surface area contributed by atoms with E-state index in [1.807, 2.05) is 13.0 Å². The van der Waals surface area contributed by atoms with Crippen LogP contribution < -0.4 is 0 Å². The van der Waals surface area contributed by atoms with Crippen LogP contribution in [0.2, 0.25) is 0 Å². The maximum Gasteiger partial charge on any atom is 0.181 e. The smallest absolute Gasteiger partial charge is 0.181 e. The standard InChI is InChI=1S/C14H17NO3/c1-8-10(16)6-14(4)5-9(7-15)11(17)13(2,3)12(14)18-8/h5,8,12H,6H2,1-4H3/t8-,12+,14-/m0/s1. The molecule has 1 aliphatic heterocycles. The fourth-order valence-electron chi connectivity index (χ4n) is 3.11. The molecular formula is C14H17NO3. The van der Waals surface area contributed by atoms with Gasteiger partial charge < -0.3 is 4.74 Å². The first-order valence-electron chi connectivity index (χ1n) is 6.08. The van der Waals surface area contributed by atoms with Crippen LogP contribution in [0.4, 0.5) is 0 Å². The number of hydrogen-bond acceptors (Lipinski definition) is 4. The number of carbonyl (C=O) groups is 2. The number of carbonyl (C=O) groups excluding carboxylic acids is 2. The van der Waals surface area contributed by atoms with Crippen LogP contribution in [0.5, 0.6) is 0 Å². The summed E-state index contributed by atoms with van der Waals surface area (Å²) in [5.41, 5.74) is -1.19. The Morgan fingerprint density at radius 1 is 1.39 bits per heavy atom. The van der Waals surface area contributed by atoms with Crippen molar-refractivity contribution < 1.29 is 14.3 Å². The van der Waals surface area contributed by atoms with Gasteiger partial charge in [-0.3, -0.25) is 9.59 Å². The molecule has 0 amide bonds. The molecule has 0 spiro atoms. The van der Waals surface area contributed by atoms with E-state index in [1.54, 1.807) is 26.8 Å². The highest BCUT2D eigenvalue weighted by Gasteiger charge is 2.56. The number of nitrogens with zero attached hydrogens (tertiary/aromatic N) is 1. The maximum atomic E-state index is 12.2. The Kier molecular flexibility index (Phi) is 2.71. The molecule has 0 aromatic rings. The number of fused-ring (bicyclic) bond motifs is 1. The zero-order valence-corrected chi connectivity index (χ0v) is 11.1. The van der Waals surface area contributed by atoms with Gasteiger partial charge in [-0.1, -0.05) is 13.0 Å². The van der Waals surface area contributed by atoms with E-state index in [9.17, 15) is 9.59 Å². The van der Waals surface area contributed by atoms with Crippen molar-refractivity contribution in [3.8, 4) is 6.07 Å². The van der Waals surface area contributed by atoms with E-state index < -0.39 is 16.9 Å². The van der Waals surface area contributed by atoms with Crippen molar-refractivity contribution in [2.75, 3.05) is 0 Å². The Hall–Kier alpha value is -1.47. The molecule has 0 radical (unpaired) electrons. The summed E-state index contributed by atoms with van der Waals surface area (Å²) in [5, 5.41) is 9.05. The summed E-state index contributed by atoms with van der Waals surface area (Å²) in [7, 11) is 0. The summed E-state index contributed by atoms with van der Waals surface area (Å²) < 4.78 is 5.76. The molecule has 1 aliphatic carbocycles. The summed E-state index contributed by atoms with van der Waals surface area (Å²) in [4.78, 5) is 24.0. The second-order valence-corrected chi connectivity index (χ2v) is 6.03. The van der Waals surface area contributed by atoms with Crippen molar-refractivity contribution >= 4 is 11.6 Å². The molecule has 4 nitrogen and oxygen atoms in total. The lowest BCUT2D eigenvalue weighted by atomic mass is 9.60. The minimum absolute atomic E-state index is 0.0208. The molecule has 0 unspecified atom stereocenters. The number of allylic oxidation sites excluding steroid dienone is 1. The zero-order chi connectivity index (χ0) is 13.7. The molecule has 3 atom stereocenters. The molecule has 18 heavy (non-hydrogen) atoms. The summed E-state index contributed by atoms with van der Waals surface area (Å²) in [6, 6.07) is 1.94. The van der Waals surface area contributed by atoms with Crippen LogP contribution in [0.3, 0.4) is 0 Å². The van der Waals surface area contributed by atoms with Crippen LogP contribution in [-0.2, 0) is 14.3 Å². The minimum atomic E-state index is -0.774. The molecule has 2 aliphatic rings. The molecule has 0 saturated carbocycles. The van der Waals surface area contributed by atoms with Crippen LogP contribution in [0.1, 0.15) is 34.1 Å². The molecule has 1 saturated heterocycles. The highest BCUT2D eigenvalue weighted by molar-refractivity contribution is 6.04. The highest BCUT2D eigenvalue weighted by Crippen LogP contribution is 2.49. The van der Waals surface area contributed by atoms with Crippen LogP contribution in [0.15, 0.2) is 11.6 Å². The van der Waals surface area contributed by atoms with Gasteiger partial charge in [0.2, 0.25) is 0 Å². The van der Waals surface area contributed by atoms with Gasteiger partial charge in [0.25, 0.3) is 0 Å². The number of nitriles is 1. The molecule has 0 N–H and O–H groups in total. The molecule has 4 heteroatoms. The lowest BCUT2D eigenvalue weighted by Gasteiger charge is -2.50. The molecule has 0 aromatic heterocycles. The van der Waals surface area contributed by atoms with E-state index >= 15 is 0 Å². The van der Waals surface area contributed by atoms with E-state index in [-0.39, 0.29) is 23.2 Å². The summed E-state index contributed by atoms with van der Waals surface area (Å²) >= 11 is 0. The second-order valence-electron chi connectivity index (χ2n) is 6.03. The van der Waals surface area contributed by atoms with E-state index in [0.717, 1.165) is 0 Å². The van der Waals surface area contributed by atoms with Gasteiger partial charge in [-0.2, -0.15) is 5.26 Å². The lowest BCUT2D eigenvalue weighted by molar-refractivity contribution is -0.176. The highest BCUT2D eigenvalue weighted by atomic mass is 16.5. The average Bonchev–Trinajstić information content (AvgIpc) is 2.28. The SMILES string of the molecule is C[C@@H]1O[C@@H]2C(C)(C)C(=O)C(C#N)=C[C@@]2(C)CC1=O. The number of ether oxygens (including phenoxy) is 1. The van der Waals surface area contributed by atoms with Gasteiger partial charge in [-0.15, -0.1) is 0 Å². The van der Waals surface area contributed by atoms with Crippen molar-refractivity contribution in [3.05, 3.63) is 11.6 Å². The Morgan fingerprint density at radius 3 is 2.56 bits per heavy atom. The fraction of sp³-hybridized carbons (Fsp3) is 0.643. The van der Waals surface area contributed by atoms with Crippen LogP contribution in [0.25, 0.3) is 0 Å². The third kappa shape index (κ3) is 1.62. The van der Waals surface area contributed by atoms with Gasteiger partial charge in [-0.05, 0) is 20.8 Å². The molecule has 0 aromatic carbocycles. The van der Waals surface area contributed by atoms with Gasteiger partial charge in [0.05, 0.1) is 17.1 Å². The first kappa shape index (κ1) is 13.0. The van der Waals surface area contributed by atoms with E-state index in [2.05, 4.69) is 0 Å². The molecule has 2 rings (SSSR count). The van der Waals surface area contributed by atoms with Crippen LogP contribution in [0, 0.1) is 22.2 Å². The van der Waals surface area contributed by atoms with Gasteiger partial charge >= 0.3 is 0 Å². The predicted octanol–water partition coefficient (Wildman–Crippen LogP) is 1.80. The van der Waals surface area contributed by atoms with E-state index in [0.29, 0.717) is 6.42 Å². The molecule has 0 bridgehead atoms. The molecule has 1 heterocycles. The summed E-state index contributed by atoms with van der Waals surface area (Å²) in [6.45, 7) is 7.16. The monoisotopic (exact) mass is 247 g/mol. The summed E-state index contributed by atoms with van der Waals surface area (Å²) in [5.74, 6) is -0.179. The Balaban J connectivity index is 2.56. The zero-order valence-electron chi connectivity index (χ0n) is 11.1. The quantitative estimate of drug-likeness (QED) is 0.654. The van der Waals surface area contributed by atoms with Gasteiger partial charge in [0.15, 0.2) is 11.6 Å².